The number of hydrogen-bond donors (Lipinski definition) is 3. The van der Waals surface area contributed by atoms with Crippen LogP contribution in [0.2, 0.25) is 5.15 Å². The van der Waals surface area contributed by atoms with Crippen molar-refractivity contribution in [2.45, 2.75) is 6.92 Å². The first kappa shape index (κ1) is 11.4. The van der Waals surface area contributed by atoms with Crippen LogP contribution in [0.25, 0.3) is 0 Å². The fourth-order valence-corrected chi connectivity index (χ4v) is 1.51. The van der Waals surface area contributed by atoms with Crippen LogP contribution in [0.15, 0.2) is 18.3 Å². The van der Waals surface area contributed by atoms with Crippen LogP contribution in [0.3, 0.4) is 0 Å². The van der Waals surface area contributed by atoms with E-state index in [1.54, 1.807) is 6.07 Å². The number of H-pyrrole nitrogens is 1. The highest BCUT2D eigenvalue weighted by Gasteiger charge is 2.10. The second-order valence-electron chi connectivity index (χ2n) is 3.48. The summed E-state index contributed by atoms with van der Waals surface area (Å²) in [5.41, 5.74) is 7.11. The number of nitrogens with two attached hydrogens (primary N) is 1. The summed E-state index contributed by atoms with van der Waals surface area (Å²) in [6.07, 6.45) is 1.50. The number of carbonyl (C=O) groups excluding carboxylic acids is 1. The normalized spacial score (nSPS) is 10.2. The van der Waals surface area contributed by atoms with Crippen molar-refractivity contribution in [1.29, 1.82) is 0 Å². The monoisotopic (exact) mass is 251 g/mol. The Morgan fingerprint density at radius 2 is 2.29 bits per heavy atom. The van der Waals surface area contributed by atoms with Gasteiger partial charge in [0.15, 0.2) is 0 Å². The summed E-state index contributed by atoms with van der Waals surface area (Å²) in [5, 5.41) is 9.25. The highest BCUT2D eigenvalue weighted by molar-refractivity contribution is 6.29. The molecule has 0 radical (unpaired) electrons. The van der Waals surface area contributed by atoms with Crippen LogP contribution in [0.4, 0.5) is 11.5 Å². The van der Waals surface area contributed by atoms with Gasteiger partial charge in [-0.3, -0.25) is 9.89 Å². The third kappa shape index (κ3) is 2.54. The molecule has 0 saturated carbocycles. The zero-order valence-electron chi connectivity index (χ0n) is 8.99. The summed E-state index contributed by atoms with van der Waals surface area (Å²) in [6.45, 7) is 1.82. The molecule has 0 aliphatic carbocycles. The van der Waals surface area contributed by atoms with Gasteiger partial charge in [-0.2, -0.15) is 5.10 Å². The molecule has 2 rings (SSSR count). The summed E-state index contributed by atoms with van der Waals surface area (Å²) in [5.74, 6) is -0.0671. The molecule has 17 heavy (non-hydrogen) atoms. The van der Waals surface area contributed by atoms with Gasteiger partial charge < -0.3 is 11.1 Å². The van der Waals surface area contributed by atoms with Crippen LogP contribution in [0.1, 0.15) is 16.1 Å². The fourth-order valence-electron chi connectivity index (χ4n) is 1.30. The van der Waals surface area contributed by atoms with E-state index in [0.717, 1.165) is 5.56 Å². The van der Waals surface area contributed by atoms with Crippen LogP contribution in [-0.4, -0.2) is 21.1 Å². The van der Waals surface area contributed by atoms with E-state index in [0.29, 0.717) is 10.8 Å². The molecule has 2 aromatic rings. The molecule has 0 fully saturated rings. The van der Waals surface area contributed by atoms with E-state index in [-0.39, 0.29) is 17.4 Å². The number of nitrogens with one attached hydrogen (secondary N) is 2. The molecule has 0 aliphatic rings. The van der Waals surface area contributed by atoms with E-state index in [2.05, 4.69) is 20.5 Å². The molecular weight excluding hydrogens is 242 g/mol. The highest BCUT2D eigenvalue weighted by atomic mass is 35.5. The van der Waals surface area contributed by atoms with Gasteiger partial charge in [-0.1, -0.05) is 11.6 Å². The molecule has 88 valence electrons. The Hall–Kier alpha value is -2.08. The number of nitrogens with zero attached hydrogens (tertiary/aromatic N) is 2. The average molecular weight is 252 g/mol. The molecule has 1 amide bonds. The highest BCUT2D eigenvalue weighted by Crippen LogP contribution is 2.17. The Labute approximate surface area is 102 Å². The number of nitrogen functional groups attached to an aromatic ring is 1. The molecule has 2 heterocycles. The lowest BCUT2D eigenvalue weighted by Crippen LogP contribution is -2.13. The van der Waals surface area contributed by atoms with Crippen LogP contribution in [0, 0.1) is 6.92 Å². The van der Waals surface area contributed by atoms with Crippen molar-refractivity contribution in [3.8, 4) is 0 Å². The first-order valence-corrected chi connectivity index (χ1v) is 5.18. The van der Waals surface area contributed by atoms with Gasteiger partial charge in [-0.15, -0.1) is 0 Å². The molecule has 0 atom stereocenters. The Morgan fingerprint density at radius 1 is 1.53 bits per heavy atom. The van der Waals surface area contributed by atoms with Crippen molar-refractivity contribution in [3.63, 3.8) is 0 Å². The van der Waals surface area contributed by atoms with Gasteiger partial charge in [-0.05, 0) is 18.6 Å². The minimum Gasteiger partial charge on any atom is -0.382 e. The summed E-state index contributed by atoms with van der Waals surface area (Å²) in [4.78, 5) is 15.7. The molecular formula is C10H10ClN5O. The standard InChI is InChI=1S/C10H10ClN5O/c1-5-2-8(11)13-4-7(5)14-10(17)6-3-9(12)16-15-6/h2-4H,1H3,(H,14,17)(H3,12,15,16). The number of aromatic nitrogens is 3. The zero-order chi connectivity index (χ0) is 12.4. The number of hydrogen-bond acceptors (Lipinski definition) is 4. The van der Waals surface area contributed by atoms with Crippen LogP contribution >= 0.6 is 11.6 Å². The molecule has 0 spiro atoms. The van der Waals surface area contributed by atoms with Gasteiger partial charge in [0, 0.05) is 6.07 Å². The number of carbonyl (C=O) groups is 1. The molecule has 2 aromatic heterocycles. The van der Waals surface area contributed by atoms with Gasteiger partial charge in [0.1, 0.15) is 16.7 Å². The quantitative estimate of drug-likeness (QED) is 0.706. The number of rotatable bonds is 2. The number of amides is 1. The number of aryl methyl sites for hydroxylation is 1. The first-order valence-electron chi connectivity index (χ1n) is 4.80. The minimum absolute atomic E-state index is 0.265. The second-order valence-corrected chi connectivity index (χ2v) is 3.87. The molecule has 0 aliphatic heterocycles. The maximum Gasteiger partial charge on any atom is 0.273 e. The van der Waals surface area contributed by atoms with Gasteiger partial charge in [0.25, 0.3) is 5.91 Å². The Kier molecular flexibility index (Phi) is 2.97. The Balaban J connectivity index is 2.18. The van der Waals surface area contributed by atoms with E-state index >= 15 is 0 Å². The van der Waals surface area contributed by atoms with Crippen LogP contribution in [0.5, 0.6) is 0 Å². The lowest BCUT2D eigenvalue weighted by atomic mass is 10.2. The Bertz CT molecular complexity index is 566. The van der Waals surface area contributed by atoms with Crippen molar-refractivity contribution in [3.05, 3.63) is 34.7 Å². The molecule has 7 heteroatoms. The van der Waals surface area contributed by atoms with Crippen molar-refractivity contribution in [1.82, 2.24) is 15.2 Å². The van der Waals surface area contributed by atoms with E-state index in [4.69, 9.17) is 17.3 Å². The van der Waals surface area contributed by atoms with E-state index < -0.39 is 0 Å². The molecule has 0 aromatic carbocycles. The maximum atomic E-state index is 11.8. The van der Waals surface area contributed by atoms with Gasteiger partial charge in [-0.25, -0.2) is 4.98 Å². The van der Waals surface area contributed by atoms with Crippen molar-refractivity contribution >= 4 is 29.0 Å². The topological polar surface area (TPSA) is 96.7 Å². The second kappa shape index (κ2) is 4.42. The number of anilines is 2. The number of aromatic amines is 1. The first-order chi connectivity index (χ1) is 8.06. The van der Waals surface area contributed by atoms with E-state index in [1.807, 2.05) is 6.92 Å². The molecule has 4 N–H and O–H groups in total. The maximum absolute atomic E-state index is 11.8. The summed E-state index contributed by atoms with van der Waals surface area (Å²) in [7, 11) is 0. The predicted octanol–water partition coefficient (Wildman–Crippen LogP) is 1.60. The lowest BCUT2D eigenvalue weighted by Gasteiger charge is -2.06. The predicted molar refractivity (Wildman–Crippen MR) is 64.9 cm³/mol. The lowest BCUT2D eigenvalue weighted by molar-refractivity contribution is 0.102. The average Bonchev–Trinajstić information content (AvgIpc) is 2.69. The molecule has 0 unspecified atom stereocenters. The van der Waals surface area contributed by atoms with Crippen LogP contribution < -0.4 is 11.1 Å². The molecule has 0 bridgehead atoms. The smallest absolute Gasteiger partial charge is 0.273 e. The van der Waals surface area contributed by atoms with Crippen molar-refractivity contribution in [2.24, 2.45) is 0 Å². The molecule has 6 nitrogen and oxygen atoms in total. The third-order valence-corrected chi connectivity index (χ3v) is 2.37. The molecule has 0 saturated heterocycles. The number of halogens is 1. The zero-order valence-corrected chi connectivity index (χ0v) is 9.75. The van der Waals surface area contributed by atoms with E-state index in [9.17, 15) is 4.79 Å². The van der Waals surface area contributed by atoms with Gasteiger partial charge in [0.2, 0.25) is 0 Å². The summed E-state index contributed by atoms with van der Waals surface area (Å²) >= 11 is 5.72. The van der Waals surface area contributed by atoms with Gasteiger partial charge in [0.05, 0.1) is 11.9 Å². The van der Waals surface area contributed by atoms with Crippen molar-refractivity contribution < 1.29 is 4.79 Å². The largest absolute Gasteiger partial charge is 0.382 e. The van der Waals surface area contributed by atoms with Crippen LogP contribution in [-0.2, 0) is 0 Å². The van der Waals surface area contributed by atoms with E-state index in [1.165, 1.54) is 12.3 Å². The Morgan fingerprint density at radius 3 is 2.88 bits per heavy atom. The number of pyridine rings is 1. The van der Waals surface area contributed by atoms with Crippen molar-refractivity contribution in [2.75, 3.05) is 11.1 Å². The van der Waals surface area contributed by atoms with Gasteiger partial charge >= 0.3 is 0 Å². The summed E-state index contributed by atoms with van der Waals surface area (Å²) < 4.78 is 0. The third-order valence-electron chi connectivity index (χ3n) is 2.17. The minimum atomic E-state index is -0.332. The SMILES string of the molecule is Cc1cc(Cl)ncc1NC(=O)c1cc(N)n[nH]1. The summed E-state index contributed by atoms with van der Waals surface area (Å²) in [6, 6.07) is 3.12. The fraction of sp³-hybridized carbons (Fsp3) is 0.100.